The molecule has 0 heterocycles. The molecular weight excluding hydrogens is 295 g/mol. The number of carboxylic acid groups (broad SMARTS) is 1. The van der Waals surface area contributed by atoms with Gasteiger partial charge in [-0.2, -0.15) is 0 Å². The normalized spacial score (nSPS) is 10.4. The number of amides is 1. The van der Waals surface area contributed by atoms with Gasteiger partial charge in [0.1, 0.15) is 6.54 Å². The van der Waals surface area contributed by atoms with Crippen LogP contribution in [-0.4, -0.2) is 36.3 Å². The Balaban J connectivity index is 2.42. The zero-order chi connectivity index (χ0) is 14.3. The van der Waals surface area contributed by atoms with Crippen LogP contribution in [0.3, 0.4) is 0 Å². The number of nitrogens with zero attached hydrogens (tertiary/aromatic N) is 1. The van der Waals surface area contributed by atoms with E-state index >= 15 is 0 Å². The van der Waals surface area contributed by atoms with Gasteiger partial charge in [-0.15, -0.1) is 0 Å². The van der Waals surface area contributed by atoms with E-state index in [0.29, 0.717) is 15.6 Å². The Morgan fingerprint density at radius 3 is 2.58 bits per heavy atom. The van der Waals surface area contributed by atoms with Crippen molar-refractivity contribution in [2.75, 3.05) is 13.2 Å². The Labute approximate surface area is 118 Å². The molecule has 0 aromatic heterocycles. The highest BCUT2D eigenvalue weighted by Gasteiger charge is 2.04. The average molecular weight is 305 g/mol. The Kier molecular flexibility index (Phi) is 6.11. The highest BCUT2D eigenvalue weighted by molar-refractivity contribution is 6.38. The molecule has 0 aliphatic rings. The first kappa shape index (κ1) is 15.3. The summed E-state index contributed by atoms with van der Waals surface area (Å²) in [5.74, 6) is -1.73. The van der Waals surface area contributed by atoms with Gasteiger partial charge in [-0.3, -0.25) is 9.59 Å². The molecule has 0 radical (unpaired) electrons. The second kappa shape index (κ2) is 7.60. The summed E-state index contributed by atoms with van der Waals surface area (Å²) in [6, 6.07) is 4.95. The van der Waals surface area contributed by atoms with Crippen molar-refractivity contribution in [1.82, 2.24) is 5.32 Å². The van der Waals surface area contributed by atoms with Crippen molar-refractivity contribution < 1.29 is 19.5 Å². The molecule has 1 rings (SSSR count). The van der Waals surface area contributed by atoms with Crippen LogP contribution in [0.1, 0.15) is 5.56 Å². The summed E-state index contributed by atoms with van der Waals surface area (Å²) in [6.45, 7) is -0.867. The zero-order valence-corrected chi connectivity index (χ0v) is 11.1. The van der Waals surface area contributed by atoms with E-state index in [2.05, 4.69) is 15.3 Å². The van der Waals surface area contributed by atoms with E-state index in [-0.39, 0.29) is 0 Å². The van der Waals surface area contributed by atoms with Gasteiger partial charge in [0.25, 0.3) is 5.91 Å². The van der Waals surface area contributed by atoms with Crippen LogP contribution in [0.15, 0.2) is 23.4 Å². The van der Waals surface area contributed by atoms with Crippen molar-refractivity contribution in [1.29, 1.82) is 0 Å². The second-order valence-corrected chi connectivity index (χ2v) is 4.13. The Morgan fingerprint density at radius 1 is 1.37 bits per heavy atom. The number of nitrogens with one attached hydrogen (secondary N) is 1. The molecule has 1 amide bonds. The SMILES string of the molecule is O=C(O)CNC(=O)CO/N=C/c1c(Cl)cccc1Cl. The molecule has 1 aromatic rings. The first-order valence-electron chi connectivity index (χ1n) is 5.08. The maximum atomic E-state index is 11.1. The maximum Gasteiger partial charge on any atom is 0.322 e. The van der Waals surface area contributed by atoms with E-state index in [1.165, 1.54) is 6.21 Å². The minimum Gasteiger partial charge on any atom is -0.480 e. The third-order valence-corrected chi connectivity index (χ3v) is 2.55. The number of oxime groups is 1. The lowest BCUT2D eigenvalue weighted by atomic mass is 10.2. The van der Waals surface area contributed by atoms with Crippen LogP contribution >= 0.6 is 23.2 Å². The average Bonchev–Trinajstić information content (AvgIpc) is 2.35. The van der Waals surface area contributed by atoms with Crippen molar-refractivity contribution in [2.45, 2.75) is 0 Å². The molecule has 19 heavy (non-hydrogen) atoms. The predicted octanol–water partition coefficient (Wildman–Crippen LogP) is 1.54. The predicted molar refractivity (Wildman–Crippen MR) is 70.7 cm³/mol. The molecule has 0 saturated carbocycles. The molecule has 0 bridgehead atoms. The molecule has 6 nitrogen and oxygen atoms in total. The van der Waals surface area contributed by atoms with Crippen LogP contribution in [0, 0.1) is 0 Å². The van der Waals surface area contributed by atoms with Gasteiger partial charge < -0.3 is 15.3 Å². The lowest BCUT2D eigenvalue weighted by molar-refractivity contribution is -0.138. The van der Waals surface area contributed by atoms with Gasteiger partial charge in [-0.25, -0.2) is 0 Å². The number of aliphatic carboxylic acids is 1. The van der Waals surface area contributed by atoms with E-state index in [9.17, 15) is 9.59 Å². The summed E-state index contributed by atoms with van der Waals surface area (Å²) in [5.41, 5.74) is 0.469. The van der Waals surface area contributed by atoms with E-state index in [4.69, 9.17) is 28.3 Å². The smallest absolute Gasteiger partial charge is 0.322 e. The summed E-state index contributed by atoms with van der Waals surface area (Å²) in [7, 11) is 0. The molecule has 2 N–H and O–H groups in total. The summed E-state index contributed by atoms with van der Waals surface area (Å²) < 4.78 is 0. The van der Waals surface area contributed by atoms with E-state index < -0.39 is 25.0 Å². The van der Waals surface area contributed by atoms with Gasteiger partial charge in [0, 0.05) is 5.56 Å². The number of hydrogen-bond acceptors (Lipinski definition) is 4. The van der Waals surface area contributed by atoms with Gasteiger partial charge in [0.05, 0.1) is 16.3 Å². The molecule has 0 spiro atoms. The van der Waals surface area contributed by atoms with Crippen LogP contribution < -0.4 is 5.32 Å². The maximum absolute atomic E-state index is 11.1. The highest BCUT2D eigenvalue weighted by Crippen LogP contribution is 2.22. The fourth-order valence-corrected chi connectivity index (χ4v) is 1.54. The summed E-state index contributed by atoms with van der Waals surface area (Å²) in [5, 5.41) is 14.8. The topological polar surface area (TPSA) is 88.0 Å². The largest absolute Gasteiger partial charge is 0.480 e. The molecule has 1 aromatic carbocycles. The number of benzene rings is 1. The Morgan fingerprint density at radius 2 is 2.00 bits per heavy atom. The van der Waals surface area contributed by atoms with Gasteiger partial charge in [-0.1, -0.05) is 34.4 Å². The molecule has 0 saturated heterocycles. The van der Waals surface area contributed by atoms with Crippen LogP contribution in [0.4, 0.5) is 0 Å². The summed E-state index contributed by atoms with van der Waals surface area (Å²) in [6.07, 6.45) is 1.27. The van der Waals surface area contributed by atoms with Crippen molar-refractivity contribution in [3.8, 4) is 0 Å². The Hall–Kier alpha value is -1.79. The first-order chi connectivity index (χ1) is 9.00. The Bertz CT molecular complexity index is 485. The number of carbonyl (C=O) groups is 2. The van der Waals surface area contributed by atoms with Crippen molar-refractivity contribution in [3.05, 3.63) is 33.8 Å². The third-order valence-electron chi connectivity index (χ3n) is 1.89. The van der Waals surface area contributed by atoms with Crippen molar-refractivity contribution in [3.63, 3.8) is 0 Å². The molecule has 0 fully saturated rings. The lowest BCUT2D eigenvalue weighted by Crippen LogP contribution is -2.31. The quantitative estimate of drug-likeness (QED) is 0.616. The van der Waals surface area contributed by atoms with Crippen LogP contribution in [0.5, 0.6) is 0 Å². The molecule has 0 aliphatic carbocycles. The molecule has 0 atom stereocenters. The van der Waals surface area contributed by atoms with Crippen molar-refractivity contribution in [2.24, 2.45) is 5.16 Å². The van der Waals surface area contributed by atoms with Crippen LogP contribution in [0.25, 0.3) is 0 Å². The van der Waals surface area contributed by atoms with E-state index in [0.717, 1.165) is 0 Å². The van der Waals surface area contributed by atoms with Gasteiger partial charge in [0.2, 0.25) is 0 Å². The van der Waals surface area contributed by atoms with Crippen LogP contribution in [0.2, 0.25) is 10.0 Å². The monoisotopic (exact) mass is 304 g/mol. The second-order valence-electron chi connectivity index (χ2n) is 3.31. The molecule has 0 unspecified atom stereocenters. The number of carbonyl (C=O) groups excluding carboxylic acids is 1. The molecule has 0 aliphatic heterocycles. The first-order valence-corrected chi connectivity index (χ1v) is 5.84. The van der Waals surface area contributed by atoms with Crippen molar-refractivity contribution >= 4 is 41.3 Å². The zero-order valence-electron chi connectivity index (χ0n) is 9.60. The third kappa shape index (κ3) is 5.58. The number of rotatable bonds is 6. The minimum atomic E-state index is -1.14. The lowest BCUT2D eigenvalue weighted by Gasteiger charge is -2.02. The van der Waals surface area contributed by atoms with Gasteiger partial charge in [-0.05, 0) is 12.1 Å². The number of halogens is 2. The fraction of sp³-hybridized carbons (Fsp3) is 0.182. The van der Waals surface area contributed by atoms with Gasteiger partial charge >= 0.3 is 5.97 Å². The minimum absolute atomic E-state index is 0.397. The molecular formula is C11H10Cl2N2O4. The van der Waals surface area contributed by atoms with E-state index in [1.807, 2.05) is 0 Å². The highest BCUT2D eigenvalue weighted by atomic mass is 35.5. The number of hydrogen-bond donors (Lipinski definition) is 2. The fourth-order valence-electron chi connectivity index (χ4n) is 1.05. The van der Waals surface area contributed by atoms with Gasteiger partial charge in [0.15, 0.2) is 6.61 Å². The van der Waals surface area contributed by atoms with Crippen LogP contribution in [-0.2, 0) is 14.4 Å². The molecule has 8 heteroatoms. The number of carboxylic acids is 1. The summed E-state index contributed by atoms with van der Waals surface area (Å²) in [4.78, 5) is 25.9. The summed E-state index contributed by atoms with van der Waals surface area (Å²) >= 11 is 11.8. The standard InChI is InChI=1S/C11H10Cl2N2O4/c12-8-2-1-3-9(13)7(8)4-15-19-6-10(16)14-5-11(17)18/h1-4H,5-6H2,(H,14,16)(H,17,18)/b15-4+. The molecule has 102 valence electrons. The van der Waals surface area contributed by atoms with E-state index in [1.54, 1.807) is 18.2 Å².